The lowest BCUT2D eigenvalue weighted by molar-refractivity contribution is 0.0246. The van der Waals surface area contributed by atoms with Crippen molar-refractivity contribution < 1.29 is 14.6 Å². The van der Waals surface area contributed by atoms with Crippen LogP contribution in [0, 0.1) is 19.3 Å². The highest BCUT2D eigenvalue weighted by Crippen LogP contribution is 2.17. The molecular formula is C16H25NO3S. The van der Waals surface area contributed by atoms with Crippen molar-refractivity contribution in [2.45, 2.75) is 26.0 Å². The van der Waals surface area contributed by atoms with E-state index >= 15 is 0 Å². The molecule has 0 aliphatic rings. The Morgan fingerprint density at radius 2 is 2.29 bits per heavy atom. The standard InChI is InChI=1S/C16H25NO3S/c1-4-9-20-13-15(18)11-17(8-5-10-19-3)12-16-7-6-14(2)21-16/h1,6-7,15,18H,5,8-13H2,2-3H3/t15-/m1/s1. The first-order valence-corrected chi connectivity index (χ1v) is 7.93. The zero-order valence-corrected chi connectivity index (χ0v) is 13.7. The summed E-state index contributed by atoms with van der Waals surface area (Å²) in [5.74, 6) is 2.40. The predicted octanol–water partition coefficient (Wildman–Crippen LogP) is 1.91. The Labute approximate surface area is 131 Å². The summed E-state index contributed by atoms with van der Waals surface area (Å²) in [6, 6.07) is 4.27. The normalized spacial score (nSPS) is 12.5. The molecule has 0 saturated carbocycles. The Bertz CT molecular complexity index is 427. The first-order valence-electron chi connectivity index (χ1n) is 7.11. The van der Waals surface area contributed by atoms with E-state index in [9.17, 15) is 5.11 Å². The molecule has 0 bridgehead atoms. The van der Waals surface area contributed by atoms with Crippen LogP contribution in [0.3, 0.4) is 0 Å². The number of ether oxygens (including phenoxy) is 2. The third-order valence-corrected chi connectivity index (χ3v) is 3.95. The van der Waals surface area contributed by atoms with Crippen LogP contribution in [0.2, 0.25) is 0 Å². The lowest BCUT2D eigenvalue weighted by atomic mass is 10.3. The number of thiophene rings is 1. The zero-order chi connectivity index (χ0) is 15.5. The number of aryl methyl sites for hydroxylation is 1. The first kappa shape index (κ1) is 18.1. The number of aliphatic hydroxyl groups excluding tert-OH is 1. The van der Waals surface area contributed by atoms with E-state index in [0.29, 0.717) is 6.54 Å². The van der Waals surface area contributed by atoms with Crippen LogP contribution in [0.25, 0.3) is 0 Å². The fourth-order valence-corrected chi connectivity index (χ4v) is 3.00. The van der Waals surface area contributed by atoms with Crippen molar-refractivity contribution in [3.63, 3.8) is 0 Å². The SMILES string of the molecule is C#CCOC[C@H](O)CN(CCCOC)Cc1ccc(C)s1. The number of hydrogen-bond acceptors (Lipinski definition) is 5. The minimum absolute atomic E-state index is 0.241. The van der Waals surface area contributed by atoms with Gasteiger partial charge in [0.05, 0.1) is 12.7 Å². The van der Waals surface area contributed by atoms with Crippen molar-refractivity contribution in [3.05, 3.63) is 21.9 Å². The summed E-state index contributed by atoms with van der Waals surface area (Å²) >= 11 is 1.79. The predicted molar refractivity (Wildman–Crippen MR) is 86.5 cm³/mol. The topological polar surface area (TPSA) is 41.9 Å². The van der Waals surface area contributed by atoms with E-state index < -0.39 is 6.10 Å². The molecule has 0 aliphatic carbocycles. The summed E-state index contributed by atoms with van der Waals surface area (Å²) in [6.45, 7) is 5.64. The maximum absolute atomic E-state index is 10.0. The van der Waals surface area contributed by atoms with Gasteiger partial charge in [0.25, 0.3) is 0 Å². The average molecular weight is 311 g/mol. The van der Waals surface area contributed by atoms with Crippen LogP contribution in [-0.2, 0) is 16.0 Å². The van der Waals surface area contributed by atoms with Crippen molar-refractivity contribution in [3.8, 4) is 12.3 Å². The largest absolute Gasteiger partial charge is 0.389 e. The van der Waals surface area contributed by atoms with Crippen LogP contribution in [0.1, 0.15) is 16.2 Å². The van der Waals surface area contributed by atoms with Gasteiger partial charge in [0, 0.05) is 43.1 Å². The molecule has 0 radical (unpaired) electrons. The molecule has 1 rings (SSSR count). The number of aliphatic hydroxyl groups is 1. The first-order chi connectivity index (χ1) is 10.2. The van der Waals surface area contributed by atoms with Crippen LogP contribution in [0.15, 0.2) is 12.1 Å². The minimum atomic E-state index is -0.526. The number of terminal acetylenes is 1. The van der Waals surface area contributed by atoms with E-state index in [4.69, 9.17) is 15.9 Å². The van der Waals surface area contributed by atoms with Crippen molar-refractivity contribution in [1.29, 1.82) is 0 Å². The molecule has 5 heteroatoms. The maximum Gasteiger partial charge on any atom is 0.107 e. The van der Waals surface area contributed by atoms with Crippen molar-refractivity contribution >= 4 is 11.3 Å². The molecule has 118 valence electrons. The monoisotopic (exact) mass is 311 g/mol. The molecule has 0 saturated heterocycles. The fourth-order valence-electron chi connectivity index (χ4n) is 2.06. The van der Waals surface area contributed by atoms with E-state index in [2.05, 4.69) is 29.9 Å². The second-order valence-corrected chi connectivity index (χ2v) is 6.34. The summed E-state index contributed by atoms with van der Waals surface area (Å²) in [4.78, 5) is 4.84. The second kappa shape index (κ2) is 10.8. The van der Waals surface area contributed by atoms with E-state index in [1.54, 1.807) is 18.4 Å². The van der Waals surface area contributed by atoms with Crippen molar-refractivity contribution in [1.82, 2.24) is 4.90 Å². The van der Waals surface area contributed by atoms with Gasteiger partial charge in [0.2, 0.25) is 0 Å². The molecule has 0 aromatic carbocycles. The van der Waals surface area contributed by atoms with E-state index in [-0.39, 0.29) is 13.2 Å². The summed E-state index contributed by atoms with van der Waals surface area (Å²) in [5, 5.41) is 10.0. The summed E-state index contributed by atoms with van der Waals surface area (Å²) in [6.07, 6.45) is 5.54. The zero-order valence-electron chi connectivity index (χ0n) is 12.9. The van der Waals surface area contributed by atoms with Crippen LogP contribution < -0.4 is 0 Å². The molecule has 0 aliphatic heterocycles. The second-order valence-electron chi connectivity index (χ2n) is 4.97. The Morgan fingerprint density at radius 1 is 1.48 bits per heavy atom. The maximum atomic E-state index is 10.0. The van der Waals surface area contributed by atoms with Gasteiger partial charge in [0.1, 0.15) is 6.61 Å². The van der Waals surface area contributed by atoms with Gasteiger partial charge in [-0.1, -0.05) is 5.92 Å². The van der Waals surface area contributed by atoms with Gasteiger partial charge in [-0.25, -0.2) is 0 Å². The van der Waals surface area contributed by atoms with Crippen LogP contribution in [0.4, 0.5) is 0 Å². The molecule has 1 aromatic rings. The summed E-state index contributed by atoms with van der Waals surface area (Å²) < 4.78 is 10.3. The Balaban J connectivity index is 2.45. The Hall–Kier alpha value is -0.900. The summed E-state index contributed by atoms with van der Waals surface area (Å²) in [7, 11) is 1.70. The van der Waals surface area contributed by atoms with E-state index in [1.165, 1.54) is 9.75 Å². The molecule has 0 unspecified atom stereocenters. The van der Waals surface area contributed by atoms with Crippen LogP contribution in [-0.4, -0.2) is 56.1 Å². The minimum Gasteiger partial charge on any atom is -0.389 e. The van der Waals surface area contributed by atoms with Gasteiger partial charge in [-0.2, -0.15) is 0 Å². The van der Waals surface area contributed by atoms with E-state index in [1.807, 2.05) is 0 Å². The number of hydrogen-bond donors (Lipinski definition) is 1. The van der Waals surface area contributed by atoms with Crippen LogP contribution >= 0.6 is 11.3 Å². The highest BCUT2D eigenvalue weighted by Gasteiger charge is 2.13. The van der Waals surface area contributed by atoms with Crippen molar-refractivity contribution in [2.24, 2.45) is 0 Å². The molecule has 0 spiro atoms. The van der Waals surface area contributed by atoms with E-state index in [0.717, 1.165) is 26.1 Å². The third kappa shape index (κ3) is 8.20. The quantitative estimate of drug-likeness (QED) is 0.501. The fraction of sp³-hybridized carbons (Fsp3) is 0.625. The Kier molecular flexibility index (Phi) is 9.31. The molecule has 1 atom stereocenters. The Morgan fingerprint density at radius 3 is 2.90 bits per heavy atom. The lowest BCUT2D eigenvalue weighted by Crippen LogP contribution is -2.35. The highest BCUT2D eigenvalue weighted by atomic mass is 32.1. The van der Waals surface area contributed by atoms with Gasteiger partial charge < -0.3 is 14.6 Å². The molecule has 21 heavy (non-hydrogen) atoms. The molecular weight excluding hydrogens is 286 g/mol. The lowest BCUT2D eigenvalue weighted by Gasteiger charge is -2.24. The molecule has 4 nitrogen and oxygen atoms in total. The van der Waals surface area contributed by atoms with Gasteiger partial charge in [-0.05, 0) is 25.5 Å². The van der Waals surface area contributed by atoms with Gasteiger partial charge in [-0.15, -0.1) is 17.8 Å². The van der Waals surface area contributed by atoms with Crippen molar-refractivity contribution in [2.75, 3.05) is 40.0 Å². The number of rotatable bonds is 11. The molecule has 0 fully saturated rings. The molecule has 1 heterocycles. The smallest absolute Gasteiger partial charge is 0.107 e. The van der Waals surface area contributed by atoms with Crippen LogP contribution in [0.5, 0.6) is 0 Å². The van der Waals surface area contributed by atoms with Gasteiger partial charge in [-0.3, -0.25) is 4.90 Å². The van der Waals surface area contributed by atoms with Gasteiger partial charge in [0.15, 0.2) is 0 Å². The summed E-state index contributed by atoms with van der Waals surface area (Å²) in [5.41, 5.74) is 0. The molecule has 1 N–H and O–H groups in total. The molecule has 1 aromatic heterocycles. The number of methoxy groups -OCH3 is 1. The number of nitrogens with zero attached hydrogens (tertiary/aromatic N) is 1. The average Bonchev–Trinajstić information content (AvgIpc) is 2.84. The highest BCUT2D eigenvalue weighted by molar-refractivity contribution is 7.11. The molecule has 0 amide bonds. The third-order valence-electron chi connectivity index (χ3n) is 2.96. The van der Waals surface area contributed by atoms with Gasteiger partial charge >= 0.3 is 0 Å².